The maximum atomic E-state index is 5.72. The summed E-state index contributed by atoms with van der Waals surface area (Å²) in [7, 11) is 1.64. The lowest BCUT2D eigenvalue weighted by Crippen LogP contribution is -1.87. The number of benzene rings is 2. The van der Waals surface area contributed by atoms with Crippen LogP contribution < -0.4 is 4.74 Å². The van der Waals surface area contributed by atoms with Crippen LogP contribution in [0.5, 0.6) is 5.75 Å². The van der Waals surface area contributed by atoms with Gasteiger partial charge in [-0.15, -0.1) is 0 Å². The number of oxazole rings is 1. The summed E-state index contributed by atoms with van der Waals surface area (Å²) in [6, 6.07) is 13.8. The quantitative estimate of drug-likeness (QED) is 0.726. The molecule has 0 N–H and O–H groups in total. The molecule has 0 radical (unpaired) electrons. The Morgan fingerprint density at radius 2 is 1.95 bits per heavy atom. The molecule has 1 heterocycles. The molecule has 0 aliphatic rings. The van der Waals surface area contributed by atoms with E-state index in [0.717, 1.165) is 21.3 Å². The molecule has 0 unspecified atom stereocenters. The van der Waals surface area contributed by atoms with E-state index in [1.54, 1.807) is 7.11 Å². The summed E-state index contributed by atoms with van der Waals surface area (Å²) < 4.78 is 12.0. The number of fused-ring (bicyclic) bond motifs is 1. The van der Waals surface area contributed by atoms with Crippen LogP contribution in [0.4, 0.5) is 0 Å². The Bertz CT molecular complexity index is 704. The van der Waals surface area contributed by atoms with Crippen molar-refractivity contribution < 1.29 is 9.15 Å². The van der Waals surface area contributed by atoms with Crippen molar-refractivity contribution in [1.82, 2.24) is 4.98 Å². The zero-order valence-corrected chi connectivity index (χ0v) is 12.0. The lowest BCUT2D eigenvalue weighted by molar-refractivity contribution is 0.415. The zero-order chi connectivity index (χ0) is 13.2. The monoisotopic (exact) mass is 317 g/mol. The highest BCUT2D eigenvalue weighted by atomic mass is 79.9. The molecule has 0 fully saturated rings. The second-order valence-corrected chi connectivity index (χ2v) is 5.16. The summed E-state index contributed by atoms with van der Waals surface area (Å²) in [5.41, 5.74) is 2.78. The van der Waals surface area contributed by atoms with Crippen molar-refractivity contribution in [2.24, 2.45) is 0 Å². The summed E-state index contributed by atoms with van der Waals surface area (Å²) in [6.07, 6.45) is 0.685. The van der Waals surface area contributed by atoms with E-state index in [4.69, 9.17) is 9.15 Å². The highest BCUT2D eigenvalue weighted by molar-refractivity contribution is 9.10. The Hall–Kier alpha value is -1.81. The number of hydrogen-bond acceptors (Lipinski definition) is 3. The molecule has 0 aliphatic heterocycles. The van der Waals surface area contributed by atoms with Crippen LogP contribution in [0.3, 0.4) is 0 Å². The molecule has 2 aromatic carbocycles. The van der Waals surface area contributed by atoms with Crippen LogP contribution in [0.2, 0.25) is 0 Å². The molecule has 0 saturated carbocycles. The average Bonchev–Trinajstić information content (AvgIpc) is 2.82. The van der Waals surface area contributed by atoms with Crippen LogP contribution in [-0.4, -0.2) is 12.1 Å². The molecule has 19 heavy (non-hydrogen) atoms. The van der Waals surface area contributed by atoms with Crippen LogP contribution in [-0.2, 0) is 6.42 Å². The van der Waals surface area contributed by atoms with Crippen molar-refractivity contribution in [2.75, 3.05) is 7.11 Å². The molecular weight excluding hydrogens is 306 g/mol. The molecule has 4 heteroatoms. The average molecular weight is 318 g/mol. The maximum Gasteiger partial charge on any atom is 0.199 e. The first-order valence-electron chi connectivity index (χ1n) is 5.92. The van der Waals surface area contributed by atoms with E-state index in [1.165, 1.54) is 5.56 Å². The third-order valence-electron chi connectivity index (χ3n) is 2.91. The molecule has 3 rings (SSSR count). The third-order valence-corrected chi connectivity index (χ3v) is 3.44. The van der Waals surface area contributed by atoms with E-state index in [1.807, 2.05) is 30.3 Å². The van der Waals surface area contributed by atoms with E-state index in [-0.39, 0.29) is 0 Å². The fraction of sp³-hybridized carbons (Fsp3) is 0.133. The van der Waals surface area contributed by atoms with E-state index in [0.29, 0.717) is 12.3 Å². The Morgan fingerprint density at radius 3 is 2.68 bits per heavy atom. The highest BCUT2D eigenvalue weighted by Crippen LogP contribution is 2.22. The van der Waals surface area contributed by atoms with Gasteiger partial charge in [0.1, 0.15) is 11.3 Å². The van der Waals surface area contributed by atoms with Gasteiger partial charge in [-0.2, -0.15) is 0 Å². The first-order valence-corrected chi connectivity index (χ1v) is 6.72. The zero-order valence-electron chi connectivity index (χ0n) is 10.4. The number of ether oxygens (including phenoxy) is 1. The van der Waals surface area contributed by atoms with Gasteiger partial charge in [-0.1, -0.05) is 28.1 Å². The minimum absolute atomic E-state index is 0.685. The van der Waals surface area contributed by atoms with Gasteiger partial charge in [-0.05, 0) is 29.8 Å². The second-order valence-electron chi connectivity index (χ2n) is 4.24. The molecule has 0 spiro atoms. The van der Waals surface area contributed by atoms with E-state index in [9.17, 15) is 0 Å². The molecule has 0 atom stereocenters. The summed E-state index contributed by atoms with van der Waals surface area (Å²) in [6.45, 7) is 0. The van der Waals surface area contributed by atoms with Gasteiger partial charge in [0.2, 0.25) is 0 Å². The van der Waals surface area contributed by atoms with Crippen LogP contribution in [0.25, 0.3) is 11.1 Å². The summed E-state index contributed by atoms with van der Waals surface area (Å²) >= 11 is 3.42. The first kappa shape index (κ1) is 12.2. The molecule has 0 bridgehead atoms. The third kappa shape index (κ3) is 2.63. The van der Waals surface area contributed by atoms with Crippen molar-refractivity contribution in [3.05, 3.63) is 58.4 Å². The summed E-state index contributed by atoms with van der Waals surface area (Å²) in [5, 5.41) is 0. The molecular formula is C15H12BrNO2. The predicted molar refractivity (Wildman–Crippen MR) is 77.5 cm³/mol. The Balaban J connectivity index is 1.90. The summed E-state index contributed by atoms with van der Waals surface area (Å²) in [5.74, 6) is 1.50. The van der Waals surface area contributed by atoms with Gasteiger partial charge in [-0.25, -0.2) is 4.98 Å². The van der Waals surface area contributed by atoms with Crippen molar-refractivity contribution in [3.8, 4) is 5.75 Å². The number of halogens is 1. The van der Waals surface area contributed by atoms with Crippen LogP contribution in [0.1, 0.15) is 11.5 Å². The molecule has 1 aromatic heterocycles. The lowest BCUT2D eigenvalue weighted by atomic mass is 10.1. The van der Waals surface area contributed by atoms with Crippen LogP contribution in [0.15, 0.2) is 51.4 Å². The predicted octanol–water partition coefficient (Wildman–Crippen LogP) is 4.19. The fourth-order valence-electron chi connectivity index (χ4n) is 1.93. The van der Waals surface area contributed by atoms with Gasteiger partial charge in [0.25, 0.3) is 0 Å². The molecule has 0 saturated heterocycles. The SMILES string of the molecule is COc1ccc2oc(Cc3ccc(Br)cc3)nc2c1. The smallest absolute Gasteiger partial charge is 0.199 e. The van der Waals surface area contributed by atoms with Gasteiger partial charge in [0.15, 0.2) is 11.5 Å². The maximum absolute atomic E-state index is 5.72. The van der Waals surface area contributed by atoms with Crippen molar-refractivity contribution in [2.45, 2.75) is 6.42 Å². The Morgan fingerprint density at radius 1 is 1.16 bits per heavy atom. The number of hydrogen-bond donors (Lipinski definition) is 0. The van der Waals surface area contributed by atoms with Gasteiger partial charge >= 0.3 is 0 Å². The normalized spacial score (nSPS) is 10.8. The summed E-state index contributed by atoms with van der Waals surface area (Å²) in [4.78, 5) is 4.48. The van der Waals surface area contributed by atoms with Gasteiger partial charge in [-0.3, -0.25) is 0 Å². The first-order chi connectivity index (χ1) is 9.24. The van der Waals surface area contributed by atoms with Crippen LogP contribution >= 0.6 is 15.9 Å². The van der Waals surface area contributed by atoms with E-state index >= 15 is 0 Å². The Kier molecular flexibility index (Phi) is 3.25. The van der Waals surface area contributed by atoms with Gasteiger partial charge in [0, 0.05) is 17.0 Å². The van der Waals surface area contributed by atoms with Crippen molar-refractivity contribution >= 4 is 27.0 Å². The molecule has 3 aromatic rings. The van der Waals surface area contributed by atoms with Crippen LogP contribution in [0, 0.1) is 0 Å². The minimum Gasteiger partial charge on any atom is -0.497 e. The van der Waals surface area contributed by atoms with Crippen molar-refractivity contribution in [1.29, 1.82) is 0 Å². The molecule has 3 nitrogen and oxygen atoms in total. The molecule has 96 valence electrons. The fourth-order valence-corrected chi connectivity index (χ4v) is 2.20. The van der Waals surface area contributed by atoms with Gasteiger partial charge in [0.05, 0.1) is 7.11 Å². The Labute approximate surface area is 119 Å². The van der Waals surface area contributed by atoms with Crippen molar-refractivity contribution in [3.63, 3.8) is 0 Å². The number of aromatic nitrogens is 1. The largest absolute Gasteiger partial charge is 0.497 e. The number of methoxy groups -OCH3 is 1. The lowest BCUT2D eigenvalue weighted by Gasteiger charge is -1.96. The standard InChI is InChI=1S/C15H12BrNO2/c1-18-12-6-7-14-13(9-12)17-15(19-14)8-10-2-4-11(16)5-3-10/h2-7,9H,8H2,1H3. The highest BCUT2D eigenvalue weighted by Gasteiger charge is 2.07. The van der Waals surface area contributed by atoms with E-state index < -0.39 is 0 Å². The second kappa shape index (κ2) is 5.05. The van der Waals surface area contributed by atoms with E-state index in [2.05, 4.69) is 33.0 Å². The molecule has 0 amide bonds. The molecule has 0 aliphatic carbocycles. The minimum atomic E-state index is 0.685. The number of rotatable bonds is 3. The topological polar surface area (TPSA) is 35.3 Å². The number of nitrogens with zero attached hydrogens (tertiary/aromatic N) is 1. The van der Waals surface area contributed by atoms with Gasteiger partial charge < -0.3 is 9.15 Å².